The van der Waals surface area contributed by atoms with Gasteiger partial charge in [-0.3, -0.25) is 4.90 Å². The molecule has 0 radical (unpaired) electrons. The number of morpholine rings is 1. The highest BCUT2D eigenvalue weighted by atomic mass is 16.5. The summed E-state index contributed by atoms with van der Waals surface area (Å²) in [4.78, 5) is 6.82. The van der Waals surface area contributed by atoms with Crippen molar-refractivity contribution in [3.05, 3.63) is 65.7 Å². The van der Waals surface area contributed by atoms with E-state index in [1.54, 1.807) is 0 Å². The van der Waals surface area contributed by atoms with E-state index >= 15 is 0 Å². The minimum absolute atomic E-state index is 0.457. The lowest BCUT2D eigenvalue weighted by molar-refractivity contribution is 0.0322. The van der Waals surface area contributed by atoms with Crippen molar-refractivity contribution in [2.24, 2.45) is 10.7 Å². The largest absolute Gasteiger partial charge is 0.492 e. The van der Waals surface area contributed by atoms with Crippen LogP contribution in [0.2, 0.25) is 0 Å². The molecule has 1 heterocycles. The number of hydrogen-bond acceptors (Lipinski definition) is 4. The topological polar surface area (TPSA) is 72.1 Å². The van der Waals surface area contributed by atoms with Crippen molar-refractivity contribution in [2.45, 2.75) is 13.0 Å². The molecule has 2 aromatic rings. The zero-order chi connectivity index (χ0) is 19.4. The molecule has 3 N–H and O–H groups in total. The average molecular weight is 383 g/mol. The zero-order valence-electron chi connectivity index (χ0n) is 16.3. The number of guanidine groups is 1. The third-order valence-electron chi connectivity index (χ3n) is 4.72. The molecule has 2 aromatic carbocycles. The van der Waals surface area contributed by atoms with Gasteiger partial charge >= 0.3 is 0 Å². The van der Waals surface area contributed by atoms with E-state index in [-0.39, 0.29) is 0 Å². The maximum atomic E-state index is 6.01. The van der Waals surface area contributed by atoms with Crippen molar-refractivity contribution < 1.29 is 9.47 Å². The van der Waals surface area contributed by atoms with E-state index in [1.807, 2.05) is 42.5 Å². The molecule has 1 aliphatic rings. The van der Waals surface area contributed by atoms with Crippen LogP contribution in [0.3, 0.4) is 0 Å². The lowest BCUT2D eigenvalue weighted by Gasteiger charge is -2.26. The zero-order valence-corrected chi connectivity index (χ0v) is 16.3. The molecule has 28 heavy (non-hydrogen) atoms. The molecule has 6 heteroatoms. The summed E-state index contributed by atoms with van der Waals surface area (Å²) < 4.78 is 11.4. The lowest BCUT2D eigenvalue weighted by Crippen LogP contribution is -2.38. The highest BCUT2D eigenvalue weighted by Gasteiger charge is 2.10. The third kappa shape index (κ3) is 6.87. The average Bonchev–Trinajstić information content (AvgIpc) is 2.74. The van der Waals surface area contributed by atoms with E-state index in [1.165, 1.54) is 5.56 Å². The summed E-state index contributed by atoms with van der Waals surface area (Å²) in [6.45, 7) is 6.38. The van der Waals surface area contributed by atoms with Crippen molar-refractivity contribution in [3.8, 4) is 5.75 Å². The van der Waals surface area contributed by atoms with Gasteiger partial charge in [-0.2, -0.15) is 0 Å². The molecule has 1 fully saturated rings. The van der Waals surface area contributed by atoms with Gasteiger partial charge < -0.3 is 20.5 Å². The van der Waals surface area contributed by atoms with Gasteiger partial charge in [0.25, 0.3) is 0 Å². The maximum absolute atomic E-state index is 6.01. The Morgan fingerprint density at radius 1 is 1.07 bits per heavy atom. The number of nitrogens with zero attached hydrogens (tertiary/aromatic N) is 2. The van der Waals surface area contributed by atoms with Crippen LogP contribution >= 0.6 is 0 Å². The van der Waals surface area contributed by atoms with Crippen molar-refractivity contribution in [1.29, 1.82) is 0 Å². The predicted molar refractivity (Wildman–Crippen MR) is 113 cm³/mol. The fourth-order valence-electron chi connectivity index (χ4n) is 3.09. The predicted octanol–water partition coefficient (Wildman–Crippen LogP) is 2.04. The Bertz CT molecular complexity index is 730. The molecule has 0 bridgehead atoms. The number of ether oxygens (including phenoxy) is 2. The molecule has 1 aliphatic heterocycles. The molecule has 3 rings (SSSR count). The summed E-state index contributed by atoms with van der Waals surface area (Å²) in [5.74, 6) is 1.33. The van der Waals surface area contributed by atoms with Gasteiger partial charge in [-0.1, -0.05) is 48.5 Å². The monoisotopic (exact) mass is 382 g/mol. The normalized spacial score (nSPS) is 15.4. The van der Waals surface area contributed by atoms with Gasteiger partial charge in [0.15, 0.2) is 5.96 Å². The van der Waals surface area contributed by atoms with Crippen LogP contribution in [0.1, 0.15) is 11.1 Å². The van der Waals surface area contributed by atoms with Crippen LogP contribution in [0.4, 0.5) is 0 Å². The molecular weight excluding hydrogens is 352 g/mol. The van der Waals surface area contributed by atoms with Crippen LogP contribution in [0.15, 0.2) is 59.6 Å². The molecule has 0 aliphatic carbocycles. The molecule has 0 saturated carbocycles. The first-order valence-corrected chi connectivity index (χ1v) is 9.90. The maximum Gasteiger partial charge on any atom is 0.188 e. The molecule has 150 valence electrons. The Morgan fingerprint density at radius 2 is 1.82 bits per heavy atom. The molecule has 0 unspecified atom stereocenters. The molecule has 0 aromatic heterocycles. The van der Waals surface area contributed by atoms with Gasteiger partial charge in [0.2, 0.25) is 0 Å². The van der Waals surface area contributed by atoms with E-state index in [9.17, 15) is 0 Å². The Balaban J connectivity index is 1.43. The second kappa shape index (κ2) is 11.3. The SMILES string of the molecule is NC(=NCc1ccccc1OCCN1CCOCC1)NCCc1ccccc1. The molecule has 6 nitrogen and oxygen atoms in total. The van der Waals surface area contributed by atoms with Crippen LogP contribution in [0, 0.1) is 0 Å². The van der Waals surface area contributed by atoms with Gasteiger partial charge in [0.1, 0.15) is 12.4 Å². The number of nitrogens with one attached hydrogen (secondary N) is 1. The molecule has 1 saturated heterocycles. The third-order valence-corrected chi connectivity index (χ3v) is 4.72. The number of benzene rings is 2. The summed E-state index contributed by atoms with van der Waals surface area (Å²) in [7, 11) is 0. The van der Waals surface area contributed by atoms with Gasteiger partial charge in [-0.15, -0.1) is 0 Å². The van der Waals surface area contributed by atoms with Gasteiger partial charge in [-0.25, -0.2) is 4.99 Å². The minimum Gasteiger partial charge on any atom is -0.492 e. The standard InChI is InChI=1S/C22H30N4O2/c23-22(24-11-10-19-6-2-1-3-7-19)25-18-20-8-4-5-9-21(20)28-17-14-26-12-15-27-16-13-26/h1-9H,10-18H2,(H3,23,24,25). The van der Waals surface area contributed by atoms with Crippen molar-refractivity contribution >= 4 is 5.96 Å². The number of nitrogens with two attached hydrogens (primary N) is 1. The van der Waals surface area contributed by atoms with Crippen LogP contribution in [0.5, 0.6) is 5.75 Å². The van der Waals surface area contributed by atoms with Gasteiger partial charge in [-0.05, 0) is 18.1 Å². The number of hydrogen-bond donors (Lipinski definition) is 2. The summed E-state index contributed by atoms with van der Waals surface area (Å²) >= 11 is 0. The summed E-state index contributed by atoms with van der Waals surface area (Å²) in [6.07, 6.45) is 0.915. The van der Waals surface area contributed by atoms with Gasteiger partial charge in [0.05, 0.1) is 19.8 Å². The highest BCUT2D eigenvalue weighted by molar-refractivity contribution is 5.77. The summed E-state index contributed by atoms with van der Waals surface area (Å²) in [5.41, 5.74) is 8.33. The lowest BCUT2D eigenvalue weighted by atomic mass is 10.1. The molecule has 0 amide bonds. The number of rotatable bonds is 9. The van der Waals surface area contributed by atoms with Crippen molar-refractivity contribution in [1.82, 2.24) is 10.2 Å². The van der Waals surface area contributed by atoms with Gasteiger partial charge in [0, 0.05) is 31.7 Å². The first kappa shape index (κ1) is 20.2. The Kier molecular flexibility index (Phi) is 8.15. The van der Waals surface area contributed by atoms with E-state index in [2.05, 4.69) is 27.3 Å². The van der Waals surface area contributed by atoms with Crippen LogP contribution in [-0.2, 0) is 17.7 Å². The fourth-order valence-corrected chi connectivity index (χ4v) is 3.09. The smallest absolute Gasteiger partial charge is 0.188 e. The molecule has 0 atom stereocenters. The van der Waals surface area contributed by atoms with E-state index < -0.39 is 0 Å². The number of aliphatic imine (C=N–C) groups is 1. The summed E-state index contributed by atoms with van der Waals surface area (Å²) in [6, 6.07) is 18.3. The van der Waals surface area contributed by atoms with Crippen molar-refractivity contribution in [2.75, 3.05) is 46.0 Å². The van der Waals surface area contributed by atoms with Crippen LogP contribution in [0.25, 0.3) is 0 Å². The second-order valence-corrected chi connectivity index (χ2v) is 6.77. The second-order valence-electron chi connectivity index (χ2n) is 6.77. The molecular formula is C22H30N4O2. The van der Waals surface area contributed by atoms with Crippen LogP contribution in [-0.4, -0.2) is 56.9 Å². The van der Waals surface area contributed by atoms with Crippen molar-refractivity contribution in [3.63, 3.8) is 0 Å². The first-order chi connectivity index (χ1) is 13.8. The van der Waals surface area contributed by atoms with E-state index in [4.69, 9.17) is 15.2 Å². The first-order valence-electron chi connectivity index (χ1n) is 9.90. The van der Waals surface area contributed by atoms with E-state index in [0.717, 1.165) is 57.1 Å². The van der Waals surface area contributed by atoms with E-state index in [0.29, 0.717) is 19.1 Å². The quantitative estimate of drug-likeness (QED) is 0.513. The molecule has 0 spiro atoms. The Hall–Kier alpha value is -2.57. The van der Waals surface area contributed by atoms with Crippen LogP contribution < -0.4 is 15.8 Å². The fraction of sp³-hybridized carbons (Fsp3) is 0.409. The Morgan fingerprint density at radius 3 is 2.64 bits per heavy atom. The Labute approximate surface area is 167 Å². The highest BCUT2D eigenvalue weighted by Crippen LogP contribution is 2.18. The minimum atomic E-state index is 0.457. The summed E-state index contributed by atoms with van der Waals surface area (Å²) in [5, 5.41) is 3.18. The number of para-hydroxylation sites is 1.